The molecule has 0 bridgehead atoms. The predicted octanol–water partition coefficient (Wildman–Crippen LogP) is -6.17. The molecule has 11 nitrogen and oxygen atoms in total. The first-order chi connectivity index (χ1) is 10.7. The Bertz CT molecular complexity index is 391. The molecule has 0 aromatic rings. The van der Waals surface area contributed by atoms with Crippen LogP contribution in [0.15, 0.2) is 0 Å². The van der Waals surface area contributed by atoms with Crippen LogP contribution in [0.4, 0.5) is 0 Å². The van der Waals surface area contributed by atoms with Crippen molar-refractivity contribution in [2.24, 2.45) is 0 Å². The van der Waals surface area contributed by atoms with E-state index in [0.29, 0.717) is 0 Å². The molecular weight excluding hydrogens is 320 g/mol. The molecule has 1 saturated heterocycles. The van der Waals surface area contributed by atoms with Crippen LogP contribution in [0.5, 0.6) is 0 Å². The van der Waals surface area contributed by atoms with E-state index in [2.05, 4.69) is 0 Å². The minimum Gasteiger partial charge on any atom is -0.394 e. The summed E-state index contributed by atoms with van der Waals surface area (Å²) in [4.78, 5) is 12.0. The topological polar surface area (TPSA) is 208 Å². The van der Waals surface area contributed by atoms with Crippen LogP contribution in [-0.2, 0) is 9.53 Å². The summed E-state index contributed by atoms with van der Waals surface area (Å²) in [5, 5.41) is 84.2. The number of ether oxygens (including phenoxy) is 1. The first-order valence-electron chi connectivity index (χ1n) is 6.84. The first kappa shape index (κ1) is 20.3. The SMILES string of the molecule is O=C(C1O[C@@H]([C@H](O)CO)[C@@H](O)[C@@H]1O)[C@H](O)[C@@H](O)[C@H](O)[C@H](O)CO. The van der Waals surface area contributed by atoms with Gasteiger partial charge in [0, 0.05) is 0 Å². The number of carbonyl (C=O) groups excluding carboxylic acids is 1. The molecule has 1 aliphatic heterocycles. The highest BCUT2D eigenvalue weighted by atomic mass is 16.6. The zero-order chi connectivity index (χ0) is 17.9. The Kier molecular flexibility index (Phi) is 7.41. The fourth-order valence-corrected chi connectivity index (χ4v) is 2.22. The van der Waals surface area contributed by atoms with Crippen molar-refractivity contribution in [3.63, 3.8) is 0 Å². The van der Waals surface area contributed by atoms with Crippen LogP contribution in [0.1, 0.15) is 0 Å². The van der Waals surface area contributed by atoms with E-state index in [-0.39, 0.29) is 0 Å². The Labute approximate surface area is 130 Å². The fraction of sp³-hybridized carbons (Fsp3) is 0.917. The fourth-order valence-electron chi connectivity index (χ4n) is 2.22. The molecule has 0 spiro atoms. The van der Waals surface area contributed by atoms with Crippen molar-refractivity contribution >= 4 is 5.78 Å². The summed E-state index contributed by atoms with van der Waals surface area (Å²) in [6.07, 6.45) is -16.9. The van der Waals surface area contributed by atoms with Crippen molar-refractivity contribution < 1.29 is 55.5 Å². The van der Waals surface area contributed by atoms with Crippen LogP contribution in [0.25, 0.3) is 0 Å². The van der Waals surface area contributed by atoms with Gasteiger partial charge in [-0.3, -0.25) is 4.79 Å². The first-order valence-corrected chi connectivity index (χ1v) is 6.84. The number of aliphatic hydroxyl groups excluding tert-OH is 9. The molecule has 9 N–H and O–H groups in total. The van der Waals surface area contributed by atoms with Crippen molar-refractivity contribution in [3.8, 4) is 0 Å². The summed E-state index contributed by atoms with van der Waals surface area (Å²) in [5.41, 5.74) is 0. The highest BCUT2D eigenvalue weighted by Gasteiger charge is 2.51. The van der Waals surface area contributed by atoms with Gasteiger partial charge < -0.3 is 50.7 Å². The Morgan fingerprint density at radius 2 is 1.48 bits per heavy atom. The summed E-state index contributed by atoms with van der Waals surface area (Å²) >= 11 is 0. The molecule has 0 radical (unpaired) electrons. The van der Waals surface area contributed by atoms with Gasteiger partial charge in [0.2, 0.25) is 0 Å². The third kappa shape index (κ3) is 4.22. The quantitative estimate of drug-likeness (QED) is 0.203. The van der Waals surface area contributed by atoms with Gasteiger partial charge >= 0.3 is 0 Å². The molecule has 0 aromatic heterocycles. The number of carbonyl (C=O) groups is 1. The second kappa shape index (κ2) is 8.39. The van der Waals surface area contributed by atoms with Gasteiger partial charge in [0.15, 0.2) is 5.78 Å². The second-order valence-corrected chi connectivity index (χ2v) is 5.33. The molecule has 1 aliphatic rings. The van der Waals surface area contributed by atoms with Crippen LogP contribution in [0, 0.1) is 0 Å². The van der Waals surface area contributed by atoms with E-state index < -0.39 is 73.9 Å². The van der Waals surface area contributed by atoms with Gasteiger partial charge in [-0.2, -0.15) is 0 Å². The molecule has 9 atom stereocenters. The Morgan fingerprint density at radius 1 is 0.913 bits per heavy atom. The maximum Gasteiger partial charge on any atom is 0.195 e. The number of hydrogen-bond acceptors (Lipinski definition) is 11. The molecule has 1 unspecified atom stereocenters. The van der Waals surface area contributed by atoms with E-state index in [1.807, 2.05) is 0 Å². The van der Waals surface area contributed by atoms with E-state index in [4.69, 9.17) is 20.1 Å². The van der Waals surface area contributed by atoms with Gasteiger partial charge in [-0.1, -0.05) is 0 Å². The minimum atomic E-state index is -2.30. The monoisotopic (exact) mass is 342 g/mol. The molecule has 0 aliphatic carbocycles. The molecule has 11 heteroatoms. The van der Waals surface area contributed by atoms with Crippen molar-refractivity contribution in [2.75, 3.05) is 13.2 Å². The van der Waals surface area contributed by atoms with E-state index in [1.165, 1.54) is 0 Å². The van der Waals surface area contributed by atoms with Gasteiger partial charge in [-0.15, -0.1) is 0 Å². The Balaban J connectivity index is 2.80. The minimum absolute atomic E-state index is 0.818. The standard InChI is InChI=1S/C12H22O11/c13-1-3(15)5(17)6(18)7(19)8(20)12-10(22)9(21)11(23-12)4(16)2-14/h3-7,9-19,21-22H,1-2H2/t3-,4-,5-,6+,7-,9+,10+,11+,12?/m1/s1. The summed E-state index contributed by atoms with van der Waals surface area (Å²) in [6.45, 7) is -1.76. The lowest BCUT2D eigenvalue weighted by molar-refractivity contribution is -0.161. The number of rotatable bonds is 8. The lowest BCUT2D eigenvalue weighted by Gasteiger charge is -2.26. The maximum atomic E-state index is 12.0. The van der Waals surface area contributed by atoms with Crippen molar-refractivity contribution in [1.82, 2.24) is 0 Å². The van der Waals surface area contributed by atoms with E-state index in [1.54, 1.807) is 0 Å². The Morgan fingerprint density at radius 3 is 1.96 bits per heavy atom. The molecule has 1 fully saturated rings. The molecule has 23 heavy (non-hydrogen) atoms. The molecular formula is C12H22O11. The lowest BCUT2D eigenvalue weighted by atomic mass is 9.94. The molecule has 1 rings (SSSR count). The van der Waals surface area contributed by atoms with Gasteiger partial charge in [-0.25, -0.2) is 0 Å². The third-order valence-corrected chi connectivity index (χ3v) is 3.69. The summed E-state index contributed by atoms with van der Waals surface area (Å²) in [6, 6.07) is 0. The van der Waals surface area contributed by atoms with Crippen LogP contribution in [-0.4, -0.2) is 120 Å². The van der Waals surface area contributed by atoms with Crippen LogP contribution < -0.4 is 0 Å². The maximum absolute atomic E-state index is 12.0. The van der Waals surface area contributed by atoms with Crippen LogP contribution in [0.3, 0.4) is 0 Å². The largest absolute Gasteiger partial charge is 0.394 e. The number of hydrogen-bond donors (Lipinski definition) is 9. The summed E-state index contributed by atoms with van der Waals surface area (Å²) < 4.78 is 4.91. The second-order valence-electron chi connectivity index (χ2n) is 5.33. The summed E-state index contributed by atoms with van der Waals surface area (Å²) in [7, 11) is 0. The van der Waals surface area contributed by atoms with Gasteiger partial charge in [0.25, 0.3) is 0 Å². The molecule has 0 aromatic carbocycles. The lowest BCUT2D eigenvalue weighted by Crippen LogP contribution is -2.52. The molecule has 136 valence electrons. The van der Waals surface area contributed by atoms with Crippen molar-refractivity contribution in [2.45, 2.75) is 54.9 Å². The van der Waals surface area contributed by atoms with E-state index in [9.17, 15) is 35.4 Å². The predicted molar refractivity (Wildman–Crippen MR) is 69.9 cm³/mol. The van der Waals surface area contributed by atoms with Crippen LogP contribution in [0.2, 0.25) is 0 Å². The van der Waals surface area contributed by atoms with E-state index in [0.717, 1.165) is 0 Å². The average molecular weight is 342 g/mol. The van der Waals surface area contributed by atoms with Crippen molar-refractivity contribution in [3.05, 3.63) is 0 Å². The number of aliphatic hydroxyl groups is 9. The molecule has 1 heterocycles. The van der Waals surface area contributed by atoms with Gasteiger partial charge in [0.1, 0.15) is 54.9 Å². The van der Waals surface area contributed by atoms with Gasteiger partial charge in [-0.05, 0) is 0 Å². The number of ketones is 1. The number of Topliss-reactive ketones (excluding diaryl/α,β-unsaturated/α-hetero) is 1. The van der Waals surface area contributed by atoms with Crippen LogP contribution >= 0.6 is 0 Å². The smallest absolute Gasteiger partial charge is 0.195 e. The molecule has 0 saturated carbocycles. The zero-order valence-corrected chi connectivity index (χ0v) is 12.0. The van der Waals surface area contributed by atoms with E-state index >= 15 is 0 Å². The normalized spacial score (nSPS) is 34.7. The molecule has 0 amide bonds. The zero-order valence-electron chi connectivity index (χ0n) is 12.0. The Hall–Kier alpha value is -0.730. The highest BCUT2D eigenvalue weighted by molar-refractivity contribution is 5.88. The van der Waals surface area contributed by atoms with Gasteiger partial charge in [0.05, 0.1) is 13.2 Å². The third-order valence-electron chi connectivity index (χ3n) is 3.69. The van der Waals surface area contributed by atoms with Crippen molar-refractivity contribution in [1.29, 1.82) is 0 Å². The highest BCUT2D eigenvalue weighted by Crippen LogP contribution is 2.26. The average Bonchev–Trinajstić information content (AvgIpc) is 2.86. The summed E-state index contributed by atoms with van der Waals surface area (Å²) in [5.74, 6) is -1.32.